The zero-order valence-electron chi connectivity index (χ0n) is 13.2. The quantitative estimate of drug-likeness (QED) is 0.869. The Morgan fingerprint density at radius 1 is 1.30 bits per heavy atom. The lowest BCUT2D eigenvalue weighted by Gasteiger charge is -2.37. The van der Waals surface area contributed by atoms with E-state index in [1.54, 1.807) is 18.7 Å². The Balaban J connectivity index is 2.18. The summed E-state index contributed by atoms with van der Waals surface area (Å²) < 4.78 is 38.5. The maximum absolute atomic E-state index is 13.4. The molecule has 1 aromatic rings. The number of carboxylic acid groups (broad SMARTS) is 1. The Kier molecular flexibility index (Phi) is 5.38. The summed E-state index contributed by atoms with van der Waals surface area (Å²) >= 11 is 0. The average molecular weight is 344 g/mol. The minimum Gasteiger partial charge on any atom is -0.480 e. The molecule has 0 amide bonds. The number of rotatable bonds is 5. The minimum absolute atomic E-state index is 0.0342. The molecule has 1 atom stereocenters. The fraction of sp³-hybridized carbons (Fsp3) is 0.533. The van der Waals surface area contributed by atoms with Crippen LogP contribution in [0.1, 0.15) is 24.1 Å². The van der Waals surface area contributed by atoms with Gasteiger partial charge in [-0.05, 0) is 31.0 Å². The molecule has 1 aromatic carbocycles. The number of piperazine rings is 1. The van der Waals surface area contributed by atoms with Crippen LogP contribution in [0.4, 0.5) is 4.39 Å². The number of hydrogen-bond acceptors (Lipinski definition) is 4. The number of nitrogens with zero attached hydrogens (tertiary/aromatic N) is 2. The van der Waals surface area contributed by atoms with Crippen LogP contribution in [0.15, 0.2) is 18.2 Å². The molecule has 0 aliphatic carbocycles. The first-order valence-electron chi connectivity index (χ1n) is 7.47. The Bertz CT molecular complexity index is 685. The average Bonchev–Trinajstić information content (AvgIpc) is 2.51. The van der Waals surface area contributed by atoms with E-state index in [1.807, 2.05) is 0 Å². The second kappa shape index (κ2) is 6.94. The topological polar surface area (TPSA) is 77.9 Å². The van der Waals surface area contributed by atoms with Crippen LogP contribution in [0, 0.1) is 12.7 Å². The van der Waals surface area contributed by atoms with E-state index in [2.05, 4.69) is 0 Å². The van der Waals surface area contributed by atoms with Crippen LogP contribution < -0.4 is 0 Å². The highest BCUT2D eigenvalue weighted by atomic mass is 32.2. The summed E-state index contributed by atoms with van der Waals surface area (Å²) in [5.74, 6) is -1.37. The third kappa shape index (κ3) is 3.88. The molecular formula is C15H21FN2O4S. The Hall–Kier alpha value is -1.51. The van der Waals surface area contributed by atoms with Gasteiger partial charge in [-0.3, -0.25) is 9.69 Å². The Labute approximate surface area is 135 Å². The van der Waals surface area contributed by atoms with Gasteiger partial charge in [-0.2, -0.15) is 4.31 Å². The van der Waals surface area contributed by atoms with E-state index in [4.69, 9.17) is 0 Å². The largest absolute Gasteiger partial charge is 0.480 e. The molecule has 6 nitrogen and oxygen atoms in total. The zero-order chi connectivity index (χ0) is 17.2. The number of aliphatic carboxylic acids is 1. The molecule has 1 aliphatic rings. The van der Waals surface area contributed by atoms with E-state index in [0.29, 0.717) is 24.2 Å². The van der Waals surface area contributed by atoms with Gasteiger partial charge in [0, 0.05) is 26.2 Å². The van der Waals surface area contributed by atoms with Crippen molar-refractivity contribution < 1.29 is 22.7 Å². The highest BCUT2D eigenvalue weighted by Crippen LogP contribution is 2.25. The smallest absolute Gasteiger partial charge is 0.325 e. The molecule has 0 spiro atoms. The first kappa shape index (κ1) is 17.8. The zero-order valence-corrected chi connectivity index (χ0v) is 14.0. The van der Waals surface area contributed by atoms with Gasteiger partial charge in [-0.15, -0.1) is 0 Å². The third-order valence-corrected chi connectivity index (χ3v) is 6.01. The first-order chi connectivity index (χ1) is 10.8. The molecule has 2 rings (SSSR count). The van der Waals surface area contributed by atoms with Crippen molar-refractivity contribution in [2.45, 2.75) is 19.9 Å². The fourth-order valence-corrected chi connectivity index (χ4v) is 3.85. The molecule has 0 aromatic heterocycles. The lowest BCUT2D eigenvalue weighted by Crippen LogP contribution is -2.51. The van der Waals surface area contributed by atoms with Gasteiger partial charge in [-0.25, -0.2) is 12.8 Å². The number of benzene rings is 1. The van der Waals surface area contributed by atoms with E-state index in [9.17, 15) is 22.7 Å². The van der Waals surface area contributed by atoms with Gasteiger partial charge < -0.3 is 5.11 Å². The molecule has 1 saturated heterocycles. The molecule has 1 fully saturated rings. The summed E-state index contributed by atoms with van der Waals surface area (Å²) in [7, 11) is -3.26. The molecule has 1 aliphatic heterocycles. The number of carbonyl (C=O) groups is 1. The van der Waals surface area contributed by atoms with Crippen LogP contribution in [0.25, 0.3) is 0 Å². The third-order valence-electron chi connectivity index (χ3n) is 4.13. The van der Waals surface area contributed by atoms with Crippen LogP contribution in [0.2, 0.25) is 0 Å². The van der Waals surface area contributed by atoms with Gasteiger partial charge >= 0.3 is 5.97 Å². The summed E-state index contributed by atoms with van der Waals surface area (Å²) in [6.07, 6.45) is 0. The molecule has 0 saturated carbocycles. The monoisotopic (exact) mass is 344 g/mol. The van der Waals surface area contributed by atoms with Crippen LogP contribution in [0.5, 0.6) is 0 Å². The van der Waals surface area contributed by atoms with E-state index in [-0.39, 0.29) is 24.7 Å². The Morgan fingerprint density at radius 3 is 2.39 bits per heavy atom. The van der Waals surface area contributed by atoms with Gasteiger partial charge in [0.15, 0.2) is 0 Å². The molecule has 0 radical (unpaired) electrons. The number of carboxylic acids is 1. The van der Waals surface area contributed by atoms with E-state index in [0.717, 1.165) is 0 Å². The van der Waals surface area contributed by atoms with Crippen molar-refractivity contribution in [1.82, 2.24) is 9.21 Å². The molecule has 23 heavy (non-hydrogen) atoms. The van der Waals surface area contributed by atoms with Crippen LogP contribution in [-0.4, -0.2) is 60.6 Å². The van der Waals surface area contributed by atoms with Gasteiger partial charge in [0.25, 0.3) is 0 Å². The van der Waals surface area contributed by atoms with E-state index < -0.39 is 22.0 Å². The molecule has 128 valence electrons. The van der Waals surface area contributed by atoms with Crippen LogP contribution in [0.3, 0.4) is 0 Å². The first-order valence-corrected chi connectivity index (χ1v) is 9.08. The normalized spacial score (nSPS) is 18.7. The molecular weight excluding hydrogens is 323 g/mol. The second-order valence-electron chi connectivity index (χ2n) is 5.58. The lowest BCUT2D eigenvalue weighted by molar-refractivity contribution is -0.144. The van der Waals surface area contributed by atoms with Crippen LogP contribution in [-0.2, 0) is 14.8 Å². The van der Waals surface area contributed by atoms with Crippen molar-refractivity contribution >= 4 is 16.0 Å². The number of aryl methyl sites for hydroxylation is 1. The number of halogens is 1. The van der Waals surface area contributed by atoms with Crippen molar-refractivity contribution in [3.63, 3.8) is 0 Å². The highest BCUT2D eigenvalue weighted by molar-refractivity contribution is 7.89. The molecule has 8 heteroatoms. The predicted octanol–water partition coefficient (Wildman–Crippen LogP) is 1.23. The summed E-state index contributed by atoms with van der Waals surface area (Å²) in [5, 5.41) is 9.54. The number of hydrogen-bond donors (Lipinski definition) is 1. The van der Waals surface area contributed by atoms with Gasteiger partial charge in [0.1, 0.15) is 11.9 Å². The summed E-state index contributed by atoms with van der Waals surface area (Å²) in [4.78, 5) is 13.4. The predicted molar refractivity (Wildman–Crippen MR) is 84.1 cm³/mol. The van der Waals surface area contributed by atoms with Crippen molar-refractivity contribution in [2.75, 3.05) is 31.9 Å². The van der Waals surface area contributed by atoms with Crippen molar-refractivity contribution in [2.24, 2.45) is 0 Å². The SMILES string of the molecule is CCS(=O)(=O)N1CCN(C(C(=O)O)c2ccc(F)c(C)c2)CC1. The standard InChI is InChI=1S/C15H21FN2O4S/c1-3-23(21,22)18-8-6-17(7-9-18)14(15(19)20)12-4-5-13(16)11(2)10-12/h4-5,10,14H,3,6-9H2,1-2H3,(H,19,20). The summed E-state index contributed by atoms with van der Waals surface area (Å²) in [6.45, 7) is 4.35. The molecule has 1 N–H and O–H groups in total. The van der Waals surface area contributed by atoms with Gasteiger partial charge in [-0.1, -0.05) is 12.1 Å². The summed E-state index contributed by atoms with van der Waals surface area (Å²) in [6, 6.07) is 3.36. The maximum atomic E-state index is 13.4. The highest BCUT2D eigenvalue weighted by Gasteiger charge is 2.33. The van der Waals surface area contributed by atoms with Gasteiger partial charge in [0.05, 0.1) is 5.75 Å². The van der Waals surface area contributed by atoms with Crippen molar-refractivity contribution in [1.29, 1.82) is 0 Å². The summed E-state index contributed by atoms with van der Waals surface area (Å²) in [5.41, 5.74) is 0.893. The minimum atomic E-state index is -3.26. The van der Waals surface area contributed by atoms with E-state index >= 15 is 0 Å². The lowest BCUT2D eigenvalue weighted by atomic mass is 10.0. The number of sulfonamides is 1. The maximum Gasteiger partial charge on any atom is 0.325 e. The van der Waals surface area contributed by atoms with Crippen LogP contribution >= 0.6 is 0 Å². The molecule has 0 bridgehead atoms. The molecule has 1 unspecified atom stereocenters. The fourth-order valence-electron chi connectivity index (χ4n) is 2.77. The van der Waals surface area contributed by atoms with Gasteiger partial charge in [0.2, 0.25) is 10.0 Å². The molecule has 1 heterocycles. The van der Waals surface area contributed by atoms with Crippen molar-refractivity contribution in [3.05, 3.63) is 35.1 Å². The van der Waals surface area contributed by atoms with E-state index in [1.165, 1.54) is 22.5 Å². The Morgan fingerprint density at radius 2 is 1.91 bits per heavy atom. The second-order valence-corrected chi connectivity index (χ2v) is 7.84. The van der Waals surface area contributed by atoms with Crippen molar-refractivity contribution in [3.8, 4) is 0 Å².